The fourth-order valence-electron chi connectivity index (χ4n) is 2.34. The van der Waals surface area contributed by atoms with E-state index < -0.39 is 17.7 Å². The third-order valence-electron chi connectivity index (χ3n) is 3.50. The minimum absolute atomic E-state index is 0.314. The quantitative estimate of drug-likeness (QED) is 0.835. The lowest BCUT2D eigenvalue weighted by Gasteiger charge is -2.14. The Hall–Kier alpha value is -3.29. The molecule has 0 fully saturated rings. The smallest absolute Gasteiger partial charge is 0.262 e. The van der Waals surface area contributed by atoms with Gasteiger partial charge in [-0.25, -0.2) is 9.97 Å². The third-order valence-corrected chi connectivity index (χ3v) is 3.50. The molecule has 0 radical (unpaired) electrons. The second kappa shape index (κ2) is 6.07. The van der Waals surface area contributed by atoms with Crippen molar-refractivity contribution in [1.29, 1.82) is 0 Å². The first kappa shape index (κ1) is 15.6. The topological polar surface area (TPSA) is 95.5 Å². The second-order valence-electron chi connectivity index (χ2n) is 5.46. The molecule has 0 saturated carbocycles. The van der Waals surface area contributed by atoms with Crippen molar-refractivity contribution in [3.8, 4) is 0 Å². The zero-order valence-electron chi connectivity index (χ0n) is 13.2. The highest BCUT2D eigenvalue weighted by Gasteiger charge is 2.36. The molecule has 1 N–H and O–H groups in total. The molecule has 3 amide bonds. The van der Waals surface area contributed by atoms with E-state index in [1.807, 2.05) is 0 Å². The van der Waals surface area contributed by atoms with E-state index >= 15 is 0 Å². The summed E-state index contributed by atoms with van der Waals surface area (Å²) in [6, 6.07) is 6.50. The van der Waals surface area contributed by atoms with Crippen molar-refractivity contribution < 1.29 is 14.4 Å². The number of amides is 3. The van der Waals surface area contributed by atoms with Crippen molar-refractivity contribution in [2.45, 2.75) is 0 Å². The Labute approximate surface area is 138 Å². The molecule has 0 saturated heterocycles. The van der Waals surface area contributed by atoms with Crippen LogP contribution in [-0.4, -0.2) is 53.2 Å². The Balaban J connectivity index is 1.68. The highest BCUT2D eigenvalue weighted by atomic mass is 16.2. The Morgan fingerprint density at radius 3 is 2.12 bits per heavy atom. The molecule has 0 aliphatic carbocycles. The molecular weight excluding hydrogens is 310 g/mol. The average molecular weight is 325 g/mol. The standard InChI is InChI=1S/C16H15N5O3/c1-20(2)16-17-7-10(8-18-16)19-13(22)9-21-14(23)11-5-3-4-6-12(11)15(21)24/h3-8H,9H2,1-2H3,(H,19,22). The predicted octanol–water partition coefficient (Wildman–Crippen LogP) is 0.777. The van der Waals surface area contributed by atoms with Crippen molar-refractivity contribution in [2.75, 3.05) is 30.9 Å². The maximum absolute atomic E-state index is 12.2. The Kier molecular flexibility index (Phi) is 3.95. The average Bonchev–Trinajstić information content (AvgIpc) is 2.81. The van der Waals surface area contributed by atoms with E-state index in [-0.39, 0.29) is 6.54 Å². The number of rotatable bonds is 4. The molecule has 2 aromatic rings. The minimum Gasteiger partial charge on any atom is -0.347 e. The molecule has 8 nitrogen and oxygen atoms in total. The summed E-state index contributed by atoms with van der Waals surface area (Å²) >= 11 is 0. The number of imide groups is 1. The molecule has 0 bridgehead atoms. The lowest BCUT2D eigenvalue weighted by atomic mass is 10.1. The summed E-state index contributed by atoms with van der Waals surface area (Å²) in [5.74, 6) is -0.922. The van der Waals surface area contributed by atoms with E-state index in [0.717, 1.165) is 4.90 Å². The molecule has 1 aliphatic rings. The van der Waals surface area contributed by atoms with Crippen LogP contribution in [0.1, 0.15) is 20.7 Å². The van der Waals surface area contributed by atoms with Gasteiger partial charge >= 0.3 is 0 Å². The maximum atomic E-state index is 12.2. The van der Waals surface area contributed by atoms with E-state index in [2.05, 4.69) is 15.3 Å². The van der Waals surface area contributed by atoms with Gasteiger partial charge in [-0.05, 0) is 12.1 Å². The van der Waals surface area contributed by atoms with Crippen LogP contribution >= 0.6 is 0 Å². The van der Waals surface area contributed by atoms with Gasteiger partial charge in [0.25, 0.3) is 11.8 Å². The SMILES string of the molecule is CN(C)c1ncc(NC(=O)CN2C(=O)c3ccccc3C2=O)cn1. The lowest BCUT2D eigenvalue weighted by Crippen LogP contribution is -2.37. The molecule has 0 spiro atoms. The van der Waals surface area contributed by atoms with Crippen molar-refractivity contribution in [1.82, 2.24) is 14.9 Å². The Bertz CT molecular complexity index is 782. The van der Waals surface area contributed by atoms with Crippen molar-refractivity contribution in [3.05, 3.63) is 47.8 Å². The molecule has 3 rings (SSSR count). The van der Waals surface area contributed by atoms with Gasteiger partial charge in [0.15, 0.2) is 0 Å². The van der Waals surface area contributed by atoms with E-state index in [9.17, 15) is 14.4 Å². The number of hydrogen-bond acceptors (Lipinski definition) is 6. The molecule has 0 unspecified atom stereocenters. The number of fused-ring (bicyclic) bond motifs is 1. The molecule has 1 aliphatic heterocycles. The summed E-state index contributed by atoms with van der Waals surface area (Å²) in [5, 5.41) is 2.57. The summed E-state index contributed by atoms with van der Waals surface area (Å²) in [4.78, 5) is 47.3. The first-order valence-electron chi connectivity index (χ1n) is 7.22. The third kappa shape index (κ3) is 2.81. The molecule has 8 heteroatoms. The number of nitrogens with one attached hydrogen (secondary N) is 1. The Morgan fingerprint density at radius 2 is 1.62 bits per heavy atom. The van der Waals surface area contributed by atoms with E-state index in [0.29, 0.717) is 22.8 Å². The highest BCUT2D eigenvalue weighted by molar-refractivity contribution is 6.22. The fourth-order valence-corrected chi connectivity index (χ4v) is 2.34. The lowest BCUT2D eigenvalue weighted by molar-refractivity contribution is -0.116. The number of nitrogens with zero attached hydrogens (tertiary/aromatic N) is 4. The van der Waals surface area contributed by atoms with E-state index in [1.54, 1.807) is 43.3 Å². The van der Waals surface area contributed by atoms with Crippen LogP contribution in [-0.2, 0) is 4.79 Å². The van der Waals surface area contributed by atoms with Crippen molar-refractivity contribution in [2.24, 2.45) is 0 Å². The van der Waals surface area contributed by atoms with Gasteiger partial charge in [-0.15, -0.1) is 0 Å². The Morgan fingerprint density at radius 1 is 1.08 bits per heavy atom. The van der Waals surface area contributed by atoms with Gasteiger partial charge in [0.2, 0.25) is 11.9 Å². The number of anilines is 2. The summed E-state index contributed by atoms with van der Waals surface area (Å²) < 4.78 is 0. The van der Waals surface area contributed by atoms with Gasteiger partial charge in [-0.2, -0.15) is 0 Å². The van der Waals surface area contributed by atoms with Gasteiger partial charge in [0.1, 0.15) is 6.54 Å². The maximum Gasteiger partial charge on any atom is 0.262 e. The molecule has 122 valence electrons. The van der Waals surface area contributed by atoms with Crippen LogP contribution in [0.25, 0.3) is 0 Å². The number of benzene rings is 1. The molecular formula is C16H15N5O3. The monoisotopic (exact) mass is 325 g/mol. The van der Waals surface area contributed by atoms with Crippen LogP contribution in [0.2, 0.25) is 0 Å². The van der Waals surface area contributed by atoms with Crippen LogP contribution < -0.4 is 10.2 Å². The minimum atomic E-state index is -0.495. The summed E-state index contributed by atoms with van der Waals surface area (Å²) in [6.07, 6.45) is 2.92. The van der Waals surface area contributed by atoms with Gasteiger partial charge in [-0.3, -0.25) is 19.3 Å². The van der Waals surface area contributed by atoms with Crippen molar-refractivity contribution in [3.63, 3.8) is 0 Å². The van der Waals surface area contributed by atoms with Crippen LogP contribution in [0.15, 0.2) is 36.7 Å². The number of carbonyl (C=O) groups excluding carboxylic acids is 3. The molecule has 2 heterocycles. The number of carbonyl (C=O) groups is 3. The number of hydrogen-bond donors (Lipinski definition) is 1. The fraction of sp³-hybridized carbons (Fsp3) is 0.188. The molecule has 24 heavy (non-hydrogen) atoms. The van der Waals surface area contributed by atoms with Crippen LogP contribution in [0.3, 0.4) is 0 Å². The van der Waals surface area contributed by atoms with E-state index in [1.165, 1.54) is 12.4 Å². The van der Waals surface area contributed by atoms with Gasteiger partial charge < -0.3 is 10.2 Å². The number of aromatic nitrogens is 2. The van der Waals surface area contributed by atoms with Gasteiger partial charge in [0, 0.05) is 14.1 Å². The van der Waals surface area contributed by atoms with Crippen LogP contribution in [0, 0.1) is 0 Å². The van der Waals surface area contributed by atoms with Gasteiger partial charge in [0.05, 0.1) is 29.2 Å². The zero-order chi connectivity index (χ0) is 17.3. The predicted molar refractivity (Wildman–Crippen MR) is 86.8 cm³/mol. The summed E-state index contributed by atoms with van der Waals surface area (Å²) in [5.41, 5.74) is 1.02. The normalized spacial score (nSPS) is 13.0. The van der Waals surface area contributed by atoms with Crippen LogP contribution in [0.5, 0.6) is 0 Å². The largest absolute Gasteiger partial charge is 0.347 e. The zero-order valence-corrected chi connectivity index (χ0v) is 13.2. The molecule has 1 aromatic carbocycles. The summed E-state index contributed by atoms with van der Waals surface area (Å²) in [6.45, 7) is -0.359. The van der Waals surface area contributed by atoms with E-state index in [4.69, 9.17) is 0 Å². The first-order valence-corrected chi connectivity index (χ1v) is 7.22. The van der Waals surface area contributed by atoms with Crippen molar-refractivity contribution >= 4 is 29.4 Å². The molecule has 1 aromatic heterocycles. The summed E-state index contributed by atoms with van der Waals surface area (Å²) in [7, 11) is 3.60. The molecule has 0 atom stereocenters. The first-order chi connectivity index (χ1) is 11.5. The van der Waals surface area contributed by atoms with Crippen LogP contribution in [0.4, 0.5) is 11.6 Å². The second-order valence-corrected chi connectivity index (χ2v) is 5.46. The van der Waals surface area contributed by atoms with Gasteiger partial charge in [-0.1, -0.05) is 12.1 Å². The highest BCUT2D eigenvalue weighted by Crippen LogP contribution is 2.22.